The largest absolute Gasteiger partial charge is 0.477 e. The van der Waals surface area contributed by atoms with Gasteiger partial charge in [-0.3, -0.25) is 0 Å². The SMILES string of the molecule is COC(O)(CCCCCCCCCCCCCCCCc1ccccc1)C(=O)O. The van der Waals surface area contributed by atoms with Crippen molar-refractivity contribution in [3.63, 3.8) is 0 Å². The van der Waals surface area contributed by atoms with Crippen molar-refractivity contribution in [1.82, 2.24) is 0 Å². The summed E-state index contributed by atoms with van der Waals surface area (Å²) in [5, 5.41) is 18.6. The van der Waals surface area contributed by atoms with Crippen LogP contribution in [0.2, 0.25) is 0 Å². The fourth-order valence-corrected chi connectivity index (χ4v) is 3.76. The lowest BCUT2D eigenvalue weighted by molar-refractivity contribution is -0.216. The summed E-state index contributed by atoms with van der Waals surface area (Å²) in [5.41, 5.74) is 1.46. The molecule has 4 nitrogen and oxygen atoms in total. The summed E-state index contributed by atoms with van der Waals surface area (Å²) in [6.45, 7) is 0. The maximum absolute atomic E-state index is 10.9. The van der Waals surface area contributed by atoms with Gasteiger partial charge in [-0.05, 0) is 24.8 Å². The van der Waals surface area contributed by atoms with Gasteiger partial charge in [0.1, 0.15) is 0 Å². The number of rotatable bonds is 19. The van der Waals surface area contributed by atoms with Gasteiger partial charge in [-0.1, -0.05) is 107 Å². The number of hydrogen-bond donors (Lipinski definition) is 2. The summed E-state index contributed by atoms with van der Waals surface area (Å²) in [7, 11) is 1.24. The van der Waals surface area contributed by atoms with Crippen LogP contribution in [0.15, 0.2) is 30.3 Å². The van der Waals surface area contributed by atoms with Gasteiger partial charge < -0.3 is 14.9 Å². The quantitative estimate of drug-likeness (QED) is 0.203. The Morgan fingerprint density at radius 3 is 1.59 bits per heavy atom. The van der Waals surface area contributed by atoms with E-state index in [0.29, 0.717) is 6.42 Å². The van der Waals surface area contributed by atoms with E-state index in [2.05, 4.69) is 30.3 Å². The van der Waals surface area contributed by atoms with Crippen LogP contribution in [0.1, 0.15) is 102 Å². The van der Waals surface area contributed by atoms with E-state index in [1.807, 2.05) is 0 Å². The molecule has 0 saturated carbocycles. The van der Waals surface area contributed by atoms with Gasteiger partial charge in [0.25, 0.3) is 5.79 Å². The predicted octanol–water partition coefficient (Wildman–Crippen LogP) is 6.50. The van der Waals surface area contributed by atoms with Gasteiger partial charge in [-0.25, -0.2) is 4.79 Å². The highest BCUT2D eigenvalue weighted by molar-refractivity contribution is 5.75. The Morgan fingerprint density at radius 1 is 0.759 bits per heavy atom. The highest BCUT2D eigenvalue weighted by Crippen LogP contribution is 2.18. The van der Waals surface area contributed by atoms with E-state index in [9.17, 15) is 9.90 Å². The van der Waals surface area contributed by atoms with E-state index < -0.39 is 11.8 Å². The molecule has 0 saturated heterocycles. The molecule has 0 aliphatic heterocycles. The third-order valence-electron chi connectivity index (χ3n) is 5.75. The number of hydrogen-bond acceptors (Lipinski definition) is 3. The van der Waals surface area contributed by atoms with Crippen molar-refractivity contribution in [2.24, 2.45) is 0 Å². The topological polar surface area (TPSA) is 66.8 Å². The van der Waals surface area contributed by atoms with Crippen LogP contribution < -0.4 is 0 Å². The maximum atomic E-state index is 10.9. The lowest BCUT2D eigenvalue weighted by Crippen LogP contribution is -2.40. The number of ether oxygens (including phenoxy) is 1. The lowest BCUT2D eigenvalue weighted by atomic mass is 10.0. The predicted molar refractivity (Wildman–Crippen MR) is 119 cm³/mol. The number of aryl methyl sites for hydroxylation is 1. The Morgan fingerprint density at radius 2 is 1.17 bits per heavy atom. The molecule has 0 aromatic heterocycles. The average molecular weight is 407 g/mol. The first-order chi connectivity index (χ1) is 14.1. The van der Waals surface area contributed by atoms with Crippen molar-refractivity contribution in [2.45, 2.75) is 109 Å². The highest BCUT2D eigenvalue weighted by Gasteiger charge is 2.35. The first-order valence-corrected chi connectivity index (χ1v) is 11.6. The molecule has 0 spiro atoms. The van der Waals surface area contributed by atoms with Crippen LogP contribution in [-0.4, -0.2) is 29.1 Å². The molecule has 1 rings (SSSR count). The minimum absolute atomic E-state index is 0.158. The van der Waals surface area contributed by atoms with E-state index >= 15 is 0 Å². The summed E-state index contributed by atoms with van der Waals surface area (Å²) >= 11 is 0. The number of methoxy groups -OCH3 is 1. The Labute approximate surface area is 177 Å². The second-order valence-corrected chi connectivity index (χ2v) is 8.23. The molecule has 1 atom stereocenters. The van der Waals surface area contributed by atoms with Gasteiger partial charge in [0, 0.05) is 13.5 Å². The minimum Gasteiger partial charge on any atom is -0.477 e. The number of unbranched alkanes of at least 4 members (excludes halogenated alkanes) is 13. The molecule has 1 aromatic rings. The van der Waals surface area contributed by atoms with Gasteiger partial charge in [0.05, 0.1) is 0 Å². The van der Waals surface area contributed by atoms with Crippen LogP contribution in [0.5, 0.6) is 0 Å². The summed E-state index contributed by atoms with van der Waals surface area (Å²) in [4.78, 5) is 10.9. The zero-order valence-corrected chi connectivity index (χ0v) is 18.4. The second kappa shape index (κ2) is 16.4. The molecule has 1 unspecified atom stereocenters. The first kappa shape index (κ1) is 25.6. The number of carboxylic acid groups (broad SMARTS) is 1. The molecular formula is C25H42O4. The lowest BCUT2D eigenvalue weighted by Gasteiger charge is -2.20. The molecular weight excluding hydrogens is 364 g/mol. The van der Waals surface area contributed by atoms with E-state index in [1.165, 1.54) is 89.7 Å². The van der Waals surface area contributed by atoms with Crippen molar-refractivity contribution in [3.05, 3.63) is 35.9 Å². The van der Waals surface area contributed by atoms with Crippen molar-refractivity contribution in [3.8, 4) is 0 Å². The van der Waals surface area contributed by atoms with Crippen LogP contribution in [0, 0.1) is 0 Å². The average Bonchev–Trinajstić information content (AvgIpc) is 2.73. The van der Waals surface area contributed by atoms with Crippen molar-refractivity contribution < 1.29 is 19.7 Å². The molecule has 0 bridgehead atoms. The zero-order chi connectivity index (χ0) is 21.2. The van der Waals surface area contributed by atoms with E-state index in [0.717, 1.165) is 12.8 Å². The Kier molecular flexibility index (Phi) is 14.5. The van der Waals surface area contributed by atoms with Crippen molar-refractivity contribution in [1.29, 1.82) is 0 Å². The van der Waals surface area contributed by atoms with E-state index in [4.69, 9.17) is 9.84 Å². The molecule has 0 fully saturated rings. The molecule has 2 N–H and O–H groups in total. The molecule has 1 aromatic carbocycles. The third kappa shape index (κ3) is 12.7. The summed E-state index contributed by atoms with van der Waals surface area (Å²) in [6.07, 6.45) is 18.7. The minimum atomic E-state index is -2.01. The number of benzene rings is 1. The summed E-state index contributed by atoms with van der Waals surface area (Å²) in [6, 6.07) is 10.8. The molecule has 4 heteroatoms. The molecule has 0 radical (unpaired) electrons. The summed E-state index contributed by atoms with van der Waals surface area (Å²) < 4.78 is 4.69. The van der Waals surface area contributed by atoms with Crippen molar-refractivity contribution >= 4 is 5.97 Å². The van der Waals surface area contributed by atoms with Gasteiger partial charge in [0.2, 0.25) is 0 Å². The number of carboxylic acids is 1. The van der Waals surface area contributed by atoms with Crippen LogP contribution in [0.3, 0.4) is 0 Å². The molecule has 166 valence electrons. The molecule has 0 amide bonds. The molecule has 0 aliphatic carbocycles. The Bertz CT molecular complexity index is 517. The van der Waals surface area contributed by atoms with Gasteiger partial charge in [-0.2, -0.15) is 0 Å². The first-order valence-electron chi connectivity index (χ1n) is 11.6. The Hall–Kier alpha value is -1.39. The van der Waals surface area contributed by atoms with Crippen LogP contribution >= 0.6 is 0 Å². The van der Waals surface area contributed by atoms with Crippen LogP contribution in [0.4, 0.5) is 0 Å². The van der Waals surface area contributed by atoms with Gasteiger partial charge in [0.15, 0.2) is 0 Å². The van der Waals surface area contributed by atoms with E-state index in [-0.39, 0.29) is 6.42 Å². The standard InChI is InChI=1S/C25H42O4/c1-29-25(28,24(26)27)22-18-13-11-9-7-5-3-2-4-6-8-10-12-15-19-23-20-16-14-17-21-23/h14,16-17,20-21,28H,2-13,15,18-19,22H2,1H3,(H,26,27). The fourth-order valence-electron chi connectivity index (χ4n) is 3.76. The highest BCUT2D eigenvalue weighted by atomic mass is 16.6. The molecule has 0 aliphatic rings. The van der Waals surface area contributed by atoms with E-state index in [1.54, 1.807) is 0 Å². The smallest absolute Gasteiger partial charge is 0.364 e. The van der Waals surface area contributed by atoms with Gasteiger partial charge >= 0.3 is 5.97 Å². The maximum Gasteiger partial charge on any atom is 0.364 e. The Balaban J connectivity index is 1.78. The molecule has 0 heterocycles. The van der Waals surface area contributed by atoms with Gasteiger partial charge in [-0.15, -0.1) is 0 Å². The number of carbonyl (C=O) groups is 1. The summed E-state index contributed by atoms with van der Waals surface area (Å²) in [5.74, 6) is -3.31. The number of aliphatic carboxylic acids is 1. The normalized spacial score (nSPS) is 13.3. The second-order valence-electron chi connectivity index (χ2n) is 8.23. The number of aliphatic hydroxyl groups is 1. The monoisotopic (exact) mass is 406 g/mol. The van der Waals surface area contributed by atoms with Crippen LogP contribution in [-0.2, 0) is 16.0 Å². The van der Waals surface area contributed by atoms with Crippen molar-refractivity contribution in [2.75, 3.05) is 7.11 Å². The third-order valence-corrected chi connectivity index (χ3v) is 5.75. The molecule has 29 heavy (non-hydrogen) atoms. The van der Waals surface area contributed by atoms with Crippen LogP contribution in [0.25, 0.3) is 0 Å². The fraction of sp³-hybridized carbons (Fsp3) is 0.720. The zero-order valence-electron chi connectivity index (χ0n) is 18.4.